The number of hydrogen-bond acceptors (Lipinski definition) is 5. The third-order valence-corrected chi connectivity index (χ3v) is 4.26. The number of amides is 1. The number of halogens is 1. The molecule has 0 fully saturated rings. The van der Waals surface area contributed by atoms with Crippen molar-refractivity contribution in [2.24, 2.45) is 0 Å². The molecule has 0 bridgehead atoms. The molecule has 1 aromatic heterocycles. The van der Waals surface area contributed by atoms with Crippen molar-refractivity contribution in [1.82, 2.24) is 5.32 Å². The third-order valence-electron chi connectivity index (χ3n) is 3.53. The summed E-state index contributed by atoms with van der Waals surface area (Å²) >= 11 is 8.45. The van der Waals surface area contributed by atoms with E-state index in [0.29, 0.717) is 5.69 Å². The molecule has 0 saturated heterocycles. The summed E-state index contributed by atoms with van der Waals surface area (Å²) in [5.74, 6) is -0.350. The minimum atomic E-state index is -0.561. The maximum absolute atomic E-state index is 12.3. The molecule has 2 aromatic carbocycles. The van der Waals surface area contributed by atoms with Crippen molar-refractivity contribution in [3.05, 3.63) is 81.0 Å². The number of carbonyl (C=O) groups is 1. The number of nitrogens with one attached hydrogen (secondary N) is 2. The van der Waals surface area contributed by atoms with Gasteiger partial charge in [-0.3, -0.25) is 20.2 Å². The van der Waals surface area contributed by atoms with Gasteiger partial charge in [0, 0.05) is 16.2 Å². The molecular weight excluding hydrogens is 434 g/mol. The summed E-state index contributed by atoms with van der Waals surface area (Å²) in [5, 5.41) is 16.6. The number of hydrogen-bond donors (Lipinski definition) is 2. The van der Waals surface area contributed by atoms with Crippen molar-refractivity contribution >= 4 is 50.5 Å². The average Bonchev–Trinajstić information content (AvgIpc) is 3.14. The van der Waals surface area contributed by atoms with E-state index < -0.39 is 10.8 Å². The van der Waals surface area contributed by atoms with Gasteiger partial charge in [0.2, 0.25) is 0 Å². The Bertz CT molecular complexity index is 1020. The van der Waals surface area contributed by atoms with E-state index in [1.54, 1.807) is 30.3 Å². The van der Waals surface area contributed by atoms with E-state index in [2.05, 4.69) is 26.6 Å². The molecule has 0 aliphatic rings. The molecule has 0 aliphatic heterocycles. The fourth-order valence-corrected chi connectivity index (χ4v) is 2.78. The second-order valence-electron chi connectivity index (χ2n) is 5.35. The summed E-state index contributed by atoms with van der Waals surface area (Å²) in [6.45, 7) is 0. The van der Waals surface area contributed by atoms with Gasteiger partial charge in [-0.25, -0.2) is 0 Å². The molecule has 2 N–H and O–H groups in total. The number of carbonyl (C=O) groups excluding carboxylic acids is 1. The summed E-state index contributed by atoms with van der Waals surface area (Å²) in [6, 6.07) is 16.3. The van der Waals surface area contributed by atoms with Gasteiger partial charge in [0.05, 0.1) is 10.5 Å². The standard InChI is InChI=1S/C18H12BrN3O4S/c19-11-5-7-12(8-6-11)20-18(27)21-17(23)16-10-9-15(26-16)13-3-1-2-4-14(13)22(24)25/h1-10H,(H2,20,21,23,27). The Labute approximate surface area is 167 Å². The minimum absolute atomic E-state index is 0.0110. The zero-order valence-corrected chi connectivity index (χ0v) is 16.0. The Morgan fingerprint density at radius 1 is 1.07 bits per heavy atom. The van der Waals surface area contributed by atoms with Gasteiger partial charge in [0.15, 0.2) is 10.9 Å². The lowest BCUT2D eigenvalue weighted by Gasteiger charge is -2.08. The van der Waals surface area contributed by atoms with Crippen LogP contribution in [0.25, 0.3) is 11.3 Å². The maximum atomic E-state index is 12.3. The molecule has 3 aromatic rings. The van der Waals surface area contributed by atoms with E-state index in [1.807, 2.05) is 12.1 Å². The number of thiocarbonyl (C=S) groups is 1. The normalized spacial score (nSPS) is 10.3. The van der Waals surface area contributed by atoms with Crippen LogP contribution < -0.4 is 10.6 Å². The van der Waals surface area contributed by atoms with Crippen molar-refractivity contribution in [1.29, 1.82) is 0 Å². The van der Waals surface area contributed by atoms with Gasteiger partial charge in [0.1, 0.15) is 5.76 Å². The Morgan fingerprint density at radius 3 is 2.48 bits per heavy atom. The second-order valence-corrected chi connectivity index (χ2v) is 6.68. The first-order valence-electron chi connectivity index (χ1n) is 7.65. The van der Waals surface area contributed by atoms with Gasteiger partial charge in [0.25, 0.3) is 11.6 Å². The Balaban J connectivity index is 1.71. The average molecular weight is 446 g/mol. The Hall–Kier alpha value is -3.04. The third kappa shape index (κ3) is 4.57. The molecule has 136 valence electrons. The smallest absolute Gasteiger partial charge is 0.293 e. The van der Waals surface area contributed by atoms with Gasteiger partial charge >= 0.3 is 0 Å². The van der Waals surface area contributed by atoms with E-state index in [9.17, 15) is 14.9 Å². The highest BCUT2D eigenvalue weighted by molar-refractivity contribution is 9.10. The van der Waals surface area contributed by atoms with Crippen LogP contribution in [0, 0.1) is 10.1 Å². The maximum Gasteiger partial charge on any atom is 0.293 e. The van der Waals surface area contributed by atoms with Gasteiger partial charge < -0.3 is 9.73 Å². The summed E-state index contributed by atoms with van der Waals surface area (Å²) in [5.41, 5.74) is 0.895. The first kappa shape index (κ1) is 18.7. The van der Waals surface area contributed by atoms with Gasteiger partial charge in [-0.15, -0.1) is 0 Å². The highest BCUT2D eigenvalue weighted by atomic mass is 79.9. The number of nitrogens with zero attached hydrogens (tertiary/aromatic N) is 1. The van der Waals surface area contributed by atoms with Crippen molar-refractivity contribution in [2.45, 2.75) is 0 Å². The summed E-state index contributed by atoms with van der Waals surface area (Å²) in [7, 11) is 0. The lowest BCUT2D eigenvalue weighted by atomic mass is 10.1. The Morgan fingerprint density at radius 2 is 1.78 bits per heavy atom. The largest absolute Gasteiger partial charge is 0.451 e. The van der Waals surface area contributed by atoms with Crippen LogP contribution in [-0.2, 0) is 0 Å². The van der Waals surface area contributed by atoms with Gasteiger partial charge in [-0.1, -0.05) is 28.1 Å². The molecule has 0 spiro atoms. The zero-order valence-electron chi connectivity index (χ0n) is 13.6. The molecule has 1 heterocycles. The molecule has 7 nitrogen and oxygen atoms in total. The minimum Gasteiger partial charge on any atom is -0.451 e. The Kier molecular flexibility index (Phi) is 5.63. The van der Waals surface area contributed by atoms with Crippen LogP contribution in [-0.4, -0.2) is 15.9 Å². The van der Waals surface area contributed by atoms with Crippen LogP contribution in [0.15, 0.2) is 69.6 Å². The van der Waals surface area contributed by atoms with Gasteiger partial charge in [-0.2, -0.15) is 0 Å². The number of rotatable bonds is 4. The number of anilines is 1. The number of furan rings is 1. The molecule has 0 atom stereocenters. The quantitative estimate of drug-likeness (QED) is 0.341. The topological polar surface area (TPSA) is 97.4 Å². The highest BCUT2D eigenvalue weighted by Gasteiger charge is 2.19. The lowest BCUT2D eigenvalue weighted by molar-refractivity contribution is -0.384. The molecule has 0 radical (unpaired) electrons. The fourth-order valence-electron chi connectivity index (χ4n) is 2.31. The lowest BCUT2D eigenvalue weighted by Crippen LogP contribution is -2.33. The molecule has 0 saturated carbocycles. The molecule has 0 unspecified atom stereocenters. The predicted molar refractivity (Wildman–Crippen MR) is 109 cm³/mol. The van der Waals surface area contributed by atoms with Crippen molar-refractivity contribution in [3.63, 3.8) is 0 Å². The van der Waals surface area contributed by atoms with Crippen LogP contribution in [0.5, 0.6) is 0 Å². The molecule has 27 heavy (non-hydrogen) atoms. The number of nitro benzene ring substituents is 1. The predicted octanol–water partition coefficient (Wildman–Crippen LogP) is 4.74. The van der Waals surface area contributed by atoms with Crippen LogP contribution >= 0.6 is 28.1 Å². The number of para-hydroxylation sites is 1. The molecule has 9 heteroatoms. The van der Waals surface area contributed by atoms with Crippen LogP contribution in [0.2, 0.25) is 0 Å². The van der Waals surface area contributed by atoms with Crippen LogP contribution in [0.4, 0.5) is 11.4 Å². The van der Waals surface area contributed by atoms with E-state index in [-0.39, 0.29) is 27.9 Å². The summed E-state index contributed by atoms with van der Waals surface area (Å²) in [4.78, 5) is 22.9. The number of benzene rings is 2. The highest BCUT2D eigenvalue weighted by Crippen LogP contribution is 2.30. The molecular formula is C18H12BrN3O4S. The fraction of sp³-hybridized carbons (Fsp3) is 0. The van der Waals surface area contributed by atoms with Crippen molar-refractivity contribution in [3.8, 4) is 11.3 Å². The molecule has 1 amide bonds. The van der Waals surface area contributed by atoms with E-state index in [0.717, 1.165) is 4.47 Å². The monoisotopic (exact) mass is 445 g/mol. The van der Waals surface area contributed by atoms with Gasteiger partial charge in [-0.05, 0) is 54.7 Å². The van der Waals surface area contributed by atoms with Crippen LogP contribution in [0.1, 0.15) is 10.6 Å². The summed E-state index contributed by atoms with van der Waals surface area (Å²) < 4.78 is 6.40. The number of nitro groups is 1. The second kappa shape index (κ2) is 8.11. The van der Waals surface area contributed by atoms with E-state index >= 15 is 0 Å². The molecule has 3 rings (SSSR count). The van der Waals surface area contributed by atoms with Crippen molar-refractivity contribution in [2.75, 3.05) is 5.32 Å². The first-order valence-corrected chi connectivity index (χ1v) is 8.85. The SMILES string of the molecule is O=C(NC(=S)Nc1ccc(Br)cc1)c1ccc(-c2ccccc2[N+](=O)[O-])o1. The first-order chi connectivity index (χ1) is 12.9. The van der Waals surface area contributed by atoms with Crippen molar-refractivity contribution < 1.29 is 14.1 Å². The zero-order chi connectivity index (χ0) is 19.4. The van der Waals surface area contributed by atoms with E-state index in [4.69, 9.17) is 16.6 Å². The van der Waals surface area contributed by atoms with Crippen LogP contribution in [0.3, 0.4) is 0 Å². The molecule has 0 aliphatic carbocycles. The van der Waals surface area contributed by atoms with E-state index in [1.165, 1.54) is 18.2 Å². The summed E-state index contributed by atoms with van der Waals surface area (Å²) in [6.07, 6.45) is 0.